The van der Waals surface area contributed by atoms with Crippen LogP contribution in [0, 0.1) is 11.8 Å². The van der Waals surface area contributed by atoms with E-state index in [-0.39, 0.29) is 43.1 Å². The lowest BCUT2D eigenvalue weighted by atomic mass is 9.77. The van der Waals surface area contributed by atoms with E-state index in [9.17, 15) is 19.2 Å². The molecule has 1 saturated carbocycles. The minimum absolute atomic E-state index is 0.0580. The summed E-state index contributed by atoms with van der Waals surface area (Å²) in [6.45, 7) is 7.85. The summed E-state index contributed by atoms with van der Waals surface area (Å²) in [6, 6.07) is 22.7. The van der Waals surface area contributed by atoms with Crippen LogP contribution in [0.4, 0.5) is 4.79 Å². The molecule has 1 aliphatic carbocycles. The summed E-state index contributed by atoms with van der Waals surface area (Å²) in [6.07, 6.45) is 3.57. The number of hydrogen-bond donors (Lipinski definition) is 0. The van der Waals surface area contributed by atoms with E-state index in [1.165, 1.54) is 0 Å². The van der Waals surface area contributed by atoms with Gasteiger partial charge < -0.3 is 28.9 Å². The van der Waals surface area contributed by atoms with Crippen molar-refractivity contribution in [3.05, 3.63) is 101 Å². The van der Waals surface area contributed by atoms with E-state index < -0.39 is 23.5 Å². The van der Waals surface area contributed by atoms with Gasteiger partial charge >= 0.3 is 12.1 Å². The van der Waals surface area contributed by atoms with E-state index in [0.717, 1.165) is 35.1 Å². The molecule has 7 rings (SSSR count). The minimum atomic E-state index is -0.597. The molecule has 3 aromatic rings. The highest BCUT2D eigenvalue weighted by atomic mass is 16.6. The molecule has 0 N–H and O–H groups in total. The molecule has 3 aromatic carbocycles. The molecule has 4 atom stereocenters. The van der Waals surface area contributed by atoms with Crippen LogP contribution < -0.4 is 4.74 Å². The normalized spacial score (nSPS) is 22.8. The maximum atomic E-state index is 14.8. The van der Waals surface area contributed by atoms with E-state index in [4.69, 9.17) is 14.2 Å². The van der Waals surface area contributed by atoms with Crippen LogP contribution in [0.3, 0.4) is 0 Å². The first-order valence-electron chi connectivity index (χ1n) is 18.7. The molecule has 10 heteroatoms. The number of carbonyl (C=O) groups excluding carboxylic acids is 4. The first-order chi connectivity index (χ1) is 25.1. The molecule has 274 valence electrons. The molecule has 3 aliphatic heterocycles. The molecule has 4 aliphatic rings. The van der Waals surface area contributed by atoms with Gasteiger partial charge in [-0.05, 0) is 68.9 Å². The van der Waals surface area contributed by atoms with Crippen LogP contribution in [0.1, 0.15) is 91.5 Å². The summed E-state index contributed by atoms with van der Waals surface area (Å²) in [4.78, 5) is 60.4. The summed E-state index contributed by atoms with van der Waals surface area (Å²) in [5.74, 6) is -0.861. The number of amides is 3. The highest BCUT2D eigenvalue weighted by molar-refractivity contribution is 5.98. The fourth-order valence-electron chi connectivity index (χ4n) is 8.22. The topological polar surface area (TPSA) is 106 Å². The maximum Gasteiger partial charge on any atom is 0.410 e. The molecule has 2 fully saturated rings. The molecular formula is C42H49N3O7. The summed E-state index contributed by atoms with van der Waals surface area (Å²) in [7, 11) is 0. The van der Waals surface area contributed by atoms with Crippen LogP contribution in [0.25, 0.3) is 0 Å². The second-order valence-electron chi connectivity index (χ2n) is 15.5. The molecule has 0 aromatic heterocycles. The lowest BCUT2D eigenvalue weighted by Gasteiger charge is -2.43. The van der Waals surface area contributed by atoms with Gasteiger partial charge in [-0.1, -0.05) is 73.5 Å². The zero-order valence-electron chi connectivity index (χ0n) is 30.4. The highest BCUT2D eigenvalue weighted by Crippen LogP contribution is 2.42. The Hall–Kier alpha value is -4.86. The molecule has 1 saturated heterocycles. The van der Waals surface area contributed by atoms with Crippen LogP contribution in [0.15, 0.2) is 72.8 Å². The Morgan fingerprint density at radius 3 is 2.33 bits per heavy atom. The molecule has 3 amide bonds. The number of fused-ring (bicyclic) bond motifs is 2. The van der Waals surface area contributed by atoms with Crippen LogP contribution in [-0.2, 0) is 38.6 Å². The summed E-state index contributed by atoms with van der Waals surface area (Å²) >= 11 is 0. The Labute approximate surface area is 306 Å². The van der Waals surface area contributed by atoms with Crippen LogP contribution in [0.5, 0.6) is 5.75 Å². The van der Waals surface area contributed by atoms with Crippen molar-refractivity contribution in [3.63, 3.8) is 0 Å². The van der Waals surface area contributed by atoms with E-state index in [2.05, 4.69) is 6.07 Å². The number of ether oxygens (including phenoxy) is 3. The minimum Gasteiger partial charge on any atom is -0.488 e. The highest BCUT2D eigenvalue weighted by Gasteiger charge is 2.44. The van der Waals surface area contributed by atoms with Gasteiger partial charge in [0.05, 0.1) is 24.4 Å². The molecule has 3 heterocycles. The Morgan fingerprint density at radius 2 is 1.56 bits per heavy atom. The second-order valence-corrected chi connectivity index (χ2v) is 15.5. The number of rotatable bonds is 8. The lowest BCUT2D eigenvalue weighted by Crippen LogP contribution is -2.50. The predicted octanol–water partition coefficient (Wildman–Crippen LogP) is 6.71. The smallest absolute Gasteiger partial charge is 0.410 e. The third-order valence-corrected chi connectivity index (χ3v) is 10.8. The maximum absolute atomic E-state index is 14.8. The average Bonchev–Trinajstić information content (AvgIpc) is 3.74. The van der Waals surface area contributed by atoms with Crippen molar-refractivity contribution in [2.75, 3.05) is 26.2 Å². The molecule has 52 heavy (non-hydrogen) atoms. The van der Waals surface area contributed by atoms with Gasteiger partial charge in [0.15, 0.2) is 0 Å². The van der Waals surface area contributed by atoms with Crippen molar-refractivity contribution < 1.29 is 33.4 Å². The summed E-state index contributed by atoms with van der Waals surface area (Å²) < 4.78 is 18.1. The predicted molar refractivity (Wildman–Crippen MR) is 194 cm³/mol. The molecule has 10 nitrogen and oxygen atoms in total. The Morgan fingerprint density at radius 1 is 0.827 bits per heavy atom. The lowest BCUT2D eigenvalue weighted by molar-refractivity contribution is -0.159. The van der Waals surface area contributed by atoms with E-state index in [0.29, 0.717) is 63.2 Å². The third kappa shape index (κ3) is 7.66. The zero-order valence-corrected chi connectivity index (χ0v) is 30.4. The molecule has 0 unspecified atom stereocenters. The first kappa shape index (κ1) is 35.5. The standard InChI is InChI=1S/C42H49N3O7/c1-42(2,3)52-41(49)43-22-21-31(25-43)51-36-19-11-15-29-20-23-45(35(37(29)36)26-44-24-30-14-7-8-16-32(30)38(44)46)39(47)33-17-9-10-18-34(33)40(48)50-27-28-12-5-4-6-13-28/h4-8,11-16,19,31,33-35H,9-10,17-18,20-27H2,1-3H3/t31-,33+,34-,35+/m0/s1. The Bertz CT molecular complexity index is 1800. The number of esters is 1. The molecule has 0 bridgehead atoms. The Balaban J connectivity index is 1.16. The van der Waals surface area contributed by atoms with Gasteiger partial charge in [-0.2, -0.15) is 0 Å². The number of benzene rings is 3. The zero-order chi connectivity index (χ0) is 36.4. The van der Waals surface area contributed by atoms with Crippen molar-refractivity contribution >= 4 is 23.9 Å². The Kier molecular flexibility index (Phi) is 10.3. The van der Waals surface area contributed by atoms with Gasteiger partial charge in [0.25, 0.3) is 5.91 Å². The fraction of sp³-hybridized carbons (Fsp3) is 0.476. The fourth-order valence-corrected chi connectivity index (χ4v) is 8.22. The number of carbonyl (C=O) groups is 4. The largest absolute Gasteiger partial charge is 0.488 e. The van der Waals surface area contributed by atoms with E-state index in [1.807, 2.05) is 97.3 Å². The molecule has 0 spiro atoms. The molecular weight excluding hydrogens is 658 g/mol. The quantitative estimate of drug-likeness (QED) is 0.240. The van der Waals surface area contributed by atoms with Crippen molar-refractivity contribution in [1.29, 1.82) is 0 Å². The van der Waals surface area contributed by atoms with Crippen LogP contribution in [0.2, 0.25) is 0 Å². The average molecular weight is 708 g/mol. The van der Waals surface area contributed by atoms with Crippen molar-refractivity contribution in [3.8, 4) is 5.75 Å². The van der Waals surface area contributed by atoms with E-state index in [1.54, 1.807) is 4.90 Å². The van der Waals surface area contributed by atoms with Crippen molar-refractivity contribution in [1.82, 2.24) is 14.7 Å². The van der Waals surface area contributed by atoms with E-state index >= 15 is 0 Å². The monoisotopic (exact) mass is 707 g/mol. The van der Waals surface area contributed by atoms with Gasteiger partial charge in [-0.3, -0.25) is 14.4 Å². The van der Waals surface area contributed by atoms with Gasteiger partial charge in [-0.15, -0.1) is 0 Å². The third-order valence-electron chi connectivity index (χ3n) is 10.8. The van der Waals surface area contributed by atoms with Crippen LogP contribution in [-0.4, -0.2) is 76.5 Å². The summed E-state index contributed by atoms with van der Waals surface area (Å²) in [5, 5.41) is 0. The number of hydrogen-bond acceptors (Lipinski definition) is 7. The van der Waals surface area contributed by atoms with Gasteiger partial charge in [-0.25, -0.2) is 4.79 Å². The second kappa shape index (κ2) is 15.0. The van der Waals surface area contributed by atoms with Crippen LogP contribution >= 0.6 is 0 Å². The van der Waals surface area contributed by atoms with Gasteiger partial charge in [0.1, 0.15) is 24.1 Å². The van der Waals surface area contributed by atoms with Gasteiger partial charge in [0, 0.05) is 43.7 Å². The number of likely N-dealkylation sites (tertiary alicyclic amines) is 1. The van der Waals surface area contributed by atoms with Crippen molar-refractivity contribution in [2.45, 2.75) is 90.2 Å². The summed E-state index contributed by atoms with van der Waals surface area (Å²) in [5.41, 5.74) is 3.92. The number of nitrogens with zero attached hydrogens (tertiary/aromatic N) is 3. The van der Waals surface area contributed by atoms with Gasteiger partial charge in [0.2, 0.25) is 5.91 Å². The molecule has 0 radical (unpaired) electrons. The SMILES string of the molecule is CC(C)(C)OC(=O)N1CC[C@H](Oc2cccc3c2[C@@H](CN2Cc4ccccc4C2=O)N(C(=O)[C@@H]2CCCC[C@@H]2C(=O)OCc2ccccc2)CC3)C1. The first-order valence-corrected chi connectivity index (χ1v) is 18.7. The van der Waals surface area contributed by atoms with Crippen molar-refractivity contribution in [2.24, 2.45) is 11.8 Å².